The van der Waals surface area contributed by atoms with Gasteiger partial charge in [-0.3, -0.25) is 4.79 Å². The van der Waals surface area contributed by atoms with E-state index >= 15 is 0 Å². The van der Waals surface area contributed by atoms with Gasteiger partial charge in [0.15, 0.2) is 0 Å². The summed E-state index contributed by atoms with van der Waals surface area (Å²) in [7, 11) is 0. The first-order chi connectivity index (χ1) is 11.1. The summed E-state index contributed by atoms with van der Waals surface area (Å²) < 4.78 is 32.1. The molecule has 0 bridgehead atoms. The average molecular weight is 315 g/mol. The highest BCUT2D eigenvalue weighted by Crippen LogP contribution is 2.14. The number of rotatable bonds is 3. The molecule has 0 aliphatic carbocycles. The molecule has 0 atom stereocenters. The third-order valence-corrected chi connectivity index (χ3v) is 3.37. The van der Waals surface area contributed by atoms with E-state index in [0.29, 0.717) is 11.0 Å². The summed E-state index contributed by atoms with van der Waals surface area (Å²) >= 11 is 0. The lowest BCUT2D eigenvalue weighted by molar-refractivity contribution is 0.0946. The van der Waals surface area contributed by atoms with Gasteiger partial charge < -0.3 is 9.73 Å². The molecule has 1 N–H and O–H groups in total. The first-order valence-electron chi connectivity index (χ1n) is 6.80. The molecular formula is C17H11F2NO3. The molecule has 4 nitrogen and oxygen atoms in total. The highest BCUT2D eigenvalue weighted by molar-refractivity contribution is 5.96. The van der Waals surface area contributed by atoms with Gasteiger partial charge in [-0.25, -0.2) is 13.6 Å². The maximum atomic E-state index is 13.5. The van der Waals surface area contributed by atoms with Crippen molar-refractivity contribution in [3.8, 4) is 0 Å². The standard InChI is InChI=1S/C17H11F2NO3/c18-13-5-3-6-14(19)12(13)9-20-16(21)11-8-10-4-1-2-7-15(10)23-17(11)22/h1-8H,9H2,(H,20,21). The molecule has 1 heterocycles. The van der Waals surface area contributed by atoms with Crippen LogP contribution < -0.4 is 10.9 Å². The lowest BCUT2D eigenvalue weighted by Gasteiger charge is -2.07. The minimum Gasteiger partial charge on any atom is -0.422 e. The predicted molar refractivity (Wildman–Crippen MR) is 80.0 cm³/mol. The number of nitrogens with one attached hydrogen (secondary N) is 1. The van der Waals surface area contributed by atoms with Crippen LogP contribution in [-0.4, -0.2) is 5.91 Å². The van der Waals surface area contributed by atoms with E-state index in [2.05, 4.69) is 5.32 Å². The average Bonchev–Trinajstić information content (AvgIpc) is 2.53. The van der Waals surface area contributed by atoms with Gasteiger partial charge in [-0.15, -0.1) is 0 Å². The zero-order valence-electron chi connectivity index (χ0n) is 11.8. The van der Waals surface area contributed by atoms with Crippen LogP contribution in [0.5, 0.6) is 0 Å². The first-order valence-corrected chi connectivity index (χ1v) is 6.80. The maximum Gasteiger partial charge on any atom is 0.349 e. The Morgan fingerprint density at radius 3 is 2.48 bits per heavy atom. The number of amides is 1. The number of halogens is 2. The Kier molecular flexibility index (Phi) is 3.89. The van der Waals surface area contributed by atoms with Crippen molar-refractivity contribution in [2.45, 2.75) is 6.54 Å². The maximum absolute atomic E-state index is 13.5. The Morgan fingerprint density at radius 2 is 1.74 bits per heavy atom. The molecule has 0 unspecified atom stereocenters. The summed E-state index contributed by atoms with van der Waals surface area (Å²) in [4.78, 5) is 23.9. The first kappa shape index (κ1) is 14.9. The van der Waals surface area contributed by atoms with E-state index in [-0.39, 0.29) is 17.7 Å². The van der Waals surface area contributed by atoms with Crippen LogP contribution in [0.4, 0.5) is 8.78 Å². The van der Waals surface area contributed by atoms with Gasteiger partial charge in [-0.05, 0) is 24.3 Å². The number of hydrogen-bond donors (Lipinski definition) is 1. The van der Waals surface area contributed by atoms with Crippen molar-refractivity contribution < 1.29 is 18.0 Å². The number of para-hydroxylation sites is 1. The van der Waals surface area contributed by atoms with Gasteiger partial charge in [0.2, 0.25) is 0 Å². The van der Waals surface area contributed by atoms with Crippen LogP contribution in [0, 0.1) is 11.6 Å². The van der Waals surface area contributed by atoms with Gasteiger partial charge in [0.25, 0.3) is 5.91 Å². The number of benzene rings is 2. The summed E-state index contributed by atoms with van der Waals surface area (Å²) in [6, 6.07) is 11.5. The summed E-state index contributed by atoms with van der Waals surface area (Å²) in [6.07, 6.45) is 0. The second kappa shape index (κ2) is 6.00. The lowest BCUT2D eigenvalue weighted by atomic mass is 10.1. The van der Waals surface area contributed by atoms with E-state index < -0.39 is 23.2 Å². The minimum atomic E-state index is -0.810. The van der Waals surface area contributed by atoms with Crippen LogP contribution in [0.25, 0.3) is 11.0 Å². The van der Waals surface area contributed by atoms with Crippen molar-refractivity contribution in [1.29, 1.82) is 0 Å². The molecule has 1 amide bonds. The Balaban J connectivity index is 1.86. The molecule has 116 valence electrons. The number of carbonyl (C=O) groups is 1. The Bertz CT molecular complexity index is 930. The van der Waals surface area contributed by atoms with Crippen molar-refractivity contribution in [3.63, 3.8) is 0 Å². The molecule has 1 aromatic heterocycles. The van der Waals surface area contributed by atoms with E-state index in [0.717, 1.165) is 12.1 Å². The molecule has 6 heteroatoms. The van der Waals surface area contributed by atoms with Crippen LogP contribution >= 0.6 is 0 Å². The fourth-order valence-electron chi connectivity index (χ4n) is 2.19. The fourth-order valence-corrected chi connectivity index (χ4v) is 2.19. The van der Waals surface area contributed by atoms with Gasteiger partial charge in [-0.1, -0.05) is 24.3 Å². The van der Waals surface area contributed by atoms with Gasteiger partial charge in [-0.2, -0.15) is 0 Å². The van der Waals surface area contributed by atoms with Crippen molar-refractivity contribution in [2.75, 3.05) is 0 Å². The smallest absolute Gasteiger partial charge is 0.349 e. The van der Waals surface area contributed by atoms with E-state index in [9.17, 15) is 18.4 Å². The molecule has 0 aliphatic heterocycles. The summed E-state index contributed by atoms with van der Waals surface area (Å²) in [5, 5.41) is 2.90. The number of fused-ring (bicyclic) bond motifs is 1. The molecule has 0 aliphatic rings. The van der Waals surface area contributed by atoms with Gasteiger partial charge in [0.05, 0.1) is 0 Å². The number of carbonyl (C=O) groups excluding carboxylic acids is 1. The Hall–Kier alpha value is -3.02. The summed E-state index contributed by atoms with van der Waals surface area (Å²) in [6.45, 7) is -0.371. The molecule has 0 saturated heterocycles. The molecule has 3 aromatic rings. The third kappa shape index (κ3) is 2.96. The topological polar surface area (TPSA) is 59.3 Å². The zero-order chi connectivity index (χ0) is 16.4. The Morgan fingerprint density at radius 1 is 1.04 bits per heavy atom. The number of hydrogen-bond acceptors (Lipinski definition) is 3. The zero-order valence-corrected chi connectivity index (χ0v) is 11.8. The SMILES string of the molecule is O=C(NCc1c(F)cccc1F)c1cc2ccccc2oc1=O. The van der Waals surface area contributed by atoms with Crippen molar-refractivity contribution in [2.24, 2.45) is 0 Å². The summed E-state index contributed by atoms with van der Waals surface area (Å²) in [5.41, 5.74) is -0.948. The van der Waals surface area contributed by atoms with E-state index in [4.69, 9.17) is 4.42 Å². The largest absolute Gasteiger partial charge is 0.422 e. The molecule has 0 saturated carbocycles. The highest BCUT2D eigenvalue weighted by atomic mass is 19.1. The highest BCUT2D eigenvalue weighted by Gasteiger charge is 2.15. The van der Waals surface area contributed by atoms with Crippen LogP contribution in [0.1, 0.15) is 15.9 Å². The van der Waals surface area contributed by atoms with Gasteiger partial charge >= 0.3 is 5.63 Å². The van der Waals surface area contributed by atoms with Gasteiger partial charge in [0.1, 0.15) is 22.8 Å². The van der Waals surface area contributed by atoms with E-state index in [1.54, 1.807) is 24.3 Å². The molecule has 23 heavy (non-hydrogen) atoms. The Labute approximate surface area is 129 Å². The quantitative estimate of drug-likeness (QED) is 0.756. The van der Waals surface area contributed by atoms with Crippen LogP contribution in [0.15, 0.2) is 57.7 Å². The van der Waals surface area contributed by atoms with Crippen molar-refractivity contribution in [1.82, 2.24) is 5.32 Å². The normalized spacial score (nSPS) is 10.7. The second-order valence-electron chi connectivity index (χ2n) is 4.87. The van der Waals surface area contributed by atoms with Crippen LogP contribution in [0.3, 0.4) is 0 Å². The van der Waals surface area contributed by atoms with Crippen molar-refractivity contribution >= 4 is 16.9 Å². The van der Waals surface area contributed by atoms with Gasteiger partial charge in [0, 0.05) is 17.5 Å². The molecular weight excluding hydrogens is 304 g/mol. The second-order valence-corrected chi connectivity index (χ2v) is 4.87. The fraction of sp³-hybridized carbons (Fsp3) is 0.0588. The van der Waals surface area contributed by atoms with E-state index in [1.165, 1.54) is 12.1 Å². The third-order valence-electron chi connectivity index (χ3n) is 3.37. The molecule has 2 aromatic carbocycles. The predicted octanol–water partition coefficient (Wildman–Crippen LogP) is 3.00. The summed E-state index contributed by atoms with van der Waals surface area (Å²) in [5.74, 6) is -2.29. The molecule has 0 spiro atoms. The van der Waals surface area contributed by atoms with E-state index in [1.807, 2.05) is 0 Å². The molecule has 3 rings (SSSR count). The minimum absolute atomic E-state index is 0.222. The monoisotopic (exact) mass is 315 g/mol. The lowest BCUT2D eigenvalue weighted by Crippen LogP contribution is -2.28. The van der Waals surface area contributed by atoms with Crippen LogP contribution in [0.2, 0.25) is 0 Å². The van der Waals surface area contributed by atoms with Crippen LogP contribution in [-0.2, 0) is 6.54 Å². The van der Waals surface area contributed by atoms with Crippen molar-refractivity contribution in [3.05, 3.63) is 81.7 Å². The molecule has 0 radical (unpaired) electrons. The molecule has 0 fully saturated rings.